The number of hydrogen-bond acceptors (Lipinski definition) is 3. The molecule has 1 aromatic rings. The number of nitrogens with zero attached hydrogens (tertiary/aromatic N) is 3. The van der Waals surface area contributed by atoms with E-state index in [-0.39, 0.29) is 5.15 Å². The van der Waals surface area contributed by atoms with Crippen molar-refractivity contribution in [3.05, 3.63) is 17.7 Å². The van der Waals surface area contributed by atoms with E-state index in [9.17, 15) is 0 Å². The molecule has 7 heavy (non-hydrogen) atoms. The average molecular weight is 115 g/mol. The molecule has 0 saturated heterocycles. The minimum Gasteiger partial charge on any atom is -0.220 e. The smallest absolute Gasteiger partial charge is 0.160 e. The summed E-state index contributed by atoms with van der Waals surface area (Å²) >= 11 is 5.27. The van der Waals surface area contributed by atoms with Crippen LogP contribution in [0.25, 0.3) is 0 Å². The van der Waals surface area contributed by atoms with E-state index in [1.54, 1.807) is 0 Å². The zero-order valence-corrected chi connectivity index (χ0v) is 4.05. The third-order valence-electron chi connectivity index (χ3n) is 0.423. The van der Waals surface area contributed by atoms with Crippen LogP contribution in [0.15, 0.2) is 6.33 Å². The van der Waals surface area contributed by atoms with Crippen molar-refractivity contribution in [2.75, 3.05) is 0 Å². The maximum atomic E-state index is 5.27. The lowest BCUT2D eigenvalue weighted by Crippen LogP contribution is -1.80. The Bertz CT molecular complexity index is 140. The summed E-state index contributed by atoms with van der Waals surface area (Å²) in [5, 5.41) is 6.90. The fourth-order valence-corrected chi connectivity index (χ4v) is 0.283. The molecule has 35 valence electrons. The first-order chi connectivity index (χ1) is 3.39. The van der Waals surface area contributed by atoms with Crippen molar-refractivity contribution in [3.63, 3.8) is 0 Å². The lowest BCUT2D eigenvalue weighted by Gasteiger charge is -1.76. The molecule has 3 nitrogen and oxygen atoms in total. The van der Waals surface area contributed by atoms with Crippen LogP contribution in [0, 0.1) is 6.20 Å². The van der Waals surface area contributed by atoms with Crippen molar-refractivity contribution in [3.8, 4) is 0 Å². The summed E-state index contributed by atoms with van der Waals surface area (Å²) in [5.74, 6) is 0. The lowest BCUT2D eigenvalue weighted by molar-refractivity contribution is 0.961. The van der Waals surface area contributed by atoms with Crippen molar-refractivity contribution in [2.24, 2.45) is 0 Å². The summed E-state index contributed by atoms with van der Waals surface area (Å²) in [6.07, 6.45) is 3.59. The summed E-state index contributed by atoms with van der Waals surface area (Å²) in [4.78, 5) is 3.52. The Kier molecular flexibility index (Phi) is 1.17. The first-order valence-corrected chi connectivity index (χ1v) is 1.98. The van der Waals surface area contributed by atoms with E-state index in [0.29, 0.717) is 0 Å². The molecular weight excluding hydrogens is 114 g/mol. The standard InChI is InChI=1S/C3HClN3/c4-3-1-6-7-2-5-3/h2H. The van der Waals surface area contributed by atoms with Gasteiger partial charge in [-0.2, -0.15) is 0 Å². The van der Waals surface area contributed by atoms with Crippen LogP contribution < -0.4 is 0 Å². The Morgan fingerprint density at radius 2 is 2.57 bits per heavy atom. The Labute approximate surface area is 45.4 Å². The number of halogens is 1. The van der Waals surface area contributed by atoms with E-state index in [2.05, 4.69) is 21.4 Å². The SMILES string of the molecule is Clc1[c]nncn1. The van der Waals surface area contributed by atoms with Crippen LogP contribution in [0.1, 0.15) is 0 Å². The van der Waals surface area contributed by atoms with Crippen LogP contribution in [-0.2, 0) is 0 Å². The van der Waals surface area contributed by atoms with Crippen LogP contribution in [0.4, 0.5) is 0 Å². The van der Waals surface area contributed by atoms with Gasteiger partial charge in [-0.15, -0.1) is 10.2 Å². The molecule has 0 fully saturated rings. The predicted octanol–water partition coefficient (Wildman–Crippen LogP) is 0.325. The molecule has 0 N–H and O–H groups in total. The van der Waals surface area contributed by atoms with Gasteiger partial charge in [-0.3, -0.25) is 0 Å². The molecule has 0 aromatic carbocycles. The molecule has 0 unspecified atom stereocenters. The van der Waals surface area contributed by atoms with E-state index in [4.69, 9.17) is 11.6 Å². The van der Waals surface area contributed by atoms with Crippen molar-refractivity contribution in [1.29, 1.82) is 0 Å². The molecule has 0 spiro atoms. The van der Waals surface area contributed by atoms with Crippen molar-refractivity contribution in [2.45, 2.75) is 0 Å². The largest absolute Gasteiger partial charge is 0.220 e. The minimum atomic E-state index is 0.245. The van der Waals surface area contributed by atoms with Crippen molar-refractivity contribution < 1.29 is 0 Å². The molecule has 1 radical (unpaired) electrons. The molecule has 1 heterocycles. The second-order valence-corrected chi connectivity index (χ2v) is 1.22. The number of aromatic nitrogens is 3. The Morgan fingerprint density at radius 3 is 2.86 bits per heavy atom. The van der Waals surface area contributed by atoms with Gasteiger partial charge in [0.1, 0.15) is 6.33 Å². The van der Waals surface area contributed by atoms with Gasteiger partial charge >= 0.3 is 0 Å². The topological polar surface area (TPSA) is 38.7 Å². The molecule has 4 heteroatoms. The van der Waals surface area contributed by atoms with Crippen LogP contribution >= 0.6 is 11.6 Å². The Morgan fingerprint density at radius 1 is 1.71 bits per heavy atom. The highest BCUT2D eigenvalue weighted by Gasteiger charge is 1.80. The average Bonchev–Trinajstić information content (AvgIpc) is 1.69. The molecule has 0 atom stereocenters. The number of hydrogen-bond donors (Lipinski definition) is 0. The third kappa shape index (κ3) is 1.08. The molecule has 0 amide bonds. The third-order valence-corrected chi connectivity index (χ3v) is 0.605. The summed E-state index contributed by atoms with van der Waals surface area (Å²) < 4.78 is 0. The fraction of sp³-hybridized carbons (Fsp3) is 0. The summed E-state index contributed by atoms with van der Waals surface area (Å²) in [5.41, 5.74) is 0. The highest BCUT2D eigenvalue weighted by molar-refractivity contribution is 6.29. The summed E-state index contributed by atoms with van der Waals surface area (Å²) in [6.45, 7) is 0. The quantitative estimate of drug-likeness (QED) is 0.488. The first-order valence-electron chi connectivity index (χ1n) is 1.60. The fourth-order valence-electron chi connectivity index (χ4n) is 0.201. The van der Waals surface area contributed by atoms with E-state index < -0.39 is 0 Å². The van der Waals surface area contributed by atoms with Gasteiger partial charge in [0, 0.05) is 0 Å². The van der Waals surface area contributed by atoms with Gasteiger partial charge in [0.25, 0.3) is 0 Å². The second kappa shape index (κ2) is 1.84. The van der Waals surface area contributed by atoms with Gasteiger partial charge < -0.3 is 0 Å². The van der Waals surface area contributed by atoms with Crippen LogP contribution in [0.5, 0.6) is 0 Å². The van der Waals surface area contributed by atoms with Crippen LogP contribution in [0.2, 0.25) is 5.15 Å². The van der Waals surface area contributed by atoms with Crippen LogP contribution in [0.3, 0.4) is 0 Å². The zero-order valence-electron chi connectivity index (χ0n) is 3.30. The van der Waals surface area contributed by atoms with Gasteiger partial charge in [-0.05, 0) is 0 Å². The normalized spacial score (nSPS) is 8.71. The van der Waals surface area contributed by atoms with Crippen molar-refractivity contribution >= 4 is 11.6 Å². The summed E-state index contributed by atoms with van der Waals surface area (Å²) in [6, 6.07) is 0. The molecule has 1 aromatic heterocycles. The first kappa shape index (κ1) is 4.46. The second-order valence-electron chi connectivity index (χ2n) is 0.863. The number of rotatable bonds is 0. The van der Waals surface area contributed by atoms with Gasteiger partial charge in [0.15, 0.2) is 11.3 Å². The molecule has 0 bridgehead atoms. The van der Waals surface area contributed by atoms with Crippen molar-refractivity contribution in [1.82, 2.24) is 15.2 Å². The molecule has 0 aliphatic rings. The Balaban J connectivity index is 3.02. The van der Waals surface area contributed by atoms with Gasteiger partial charge in [0.2, 0.25) is 0 Å². The maximum Gasteiger partial charge on any atom is 0.160 e. The monoisotopic (exact) mass is 114 g/mol. The minimum absolute atomic E-state index is 0.245. The van der Waals surface area contributed by atoms with Crippen LogP contribution in [-0.4, -0.2) is 15.2 Å². The molecule has 0 saturated carbocycles. The van der Waals surface area contributed by atoms with Gasteiger partial charge in [-0.1, -0.05) is 11.6 Å². The Hall–Kier alpha value is -0.700. The summed E-state index contributed by atoms with van der Waals surface area (Å²) in [7, 11) is 0. The van der Waals surface area contributed by atoms with E-state index in [0.717, 1.165) is 0 Å². The molecular formula is C3HClN3. The highest BCUT2D eigenvalue weighted by atomic mass is 35.5. The molecule has 0 aliphatic heterocycles. The lowest BCUT2D eigenvalue weighted by atomic mass is 10.9. The van der Waals surface area contributed by atoms with Gasteiger partial charge in [-0.25, -0.2) is 4.98 Å². The van der Waals surface area contributed by atoms with E-state index in [1.807, 2.05) is 0 Å². The van der Waals surface area contributed by atoms with Gasteiger partial charge in [0.05, 0.1) is 0 Å². The van der Waals surface area contributed by atoms with E-state index in [1.165, 1.54) is 6.33 Å². The predicted molar refractivity (Wildman–Crippen MR) is 23.7 cm³/mol. The maximum absolute atomic E-state index is 5.27. The molecule has 0 aliphatic carbocycles. The van der Waals surface area contributed by atoms with E-state index >= 15 is 0 Å². The molecule has 1 rings (SSSR count). The highest BCUT2D eigenvalue weighted by Crippen LogP contribution is 1.92. The zero-order chi connectivity index (χ0) is 5.11.